The minimum atomic E-state index is -0.494. The van der Waals surface area contributed by atoms with Crippen LogP contribution in [0.5, 0.6) is 0 Å². The van der Waals surface area contributed by atoms with Crippen molar-refractivity contribution in [2.24, 2.45) is 7.05 Å². The SMILES string of the molecule is CN(Cc1nccn1C)c1cc([N+](=O)[O-])cc(Cl)n1. The third-order valence-corrected chi connectivity index (χ3v) is 2.86. The van der Waals surface area contributed by atoms with Crippen molar-refractivity contribution in [3.8, 4) is 0 Å². The number of imidazole rings is 1. The lowest BCUT2D eigenvalue weighted by Gasteiger charge is -2.17. The number of pyridine rings is 1. The Bertz CT molecular complexity index is 613. The fourth-order valence-electron chi connectivity index (χ4n) is 1.61. The van der Waals surface area contributed by atoms with E-state index in [0.717, 1.165) is 5.82 Å². The zero-order valence-electron chi connectivity index (χ0n) is 10.4. The van der Waals surface area contributed by atoms with Crippen LogP contribution >= 0.6 is 11.6 Å². The number of hydrogen-bond donors (Lipinski definition) is 0. The maximum atomic E-state index is 10.8. The number of nitro groups is 1. The Hall–Kier alpha value is -2.15. The topological polar surface area (TPSA) is 77.1 Å². The molecule has 0 fully saturated rings. The average molecular weight is 282 g/mol. The van der Waals surface area contributed by atoms with E-state index in [2.05, 4.69) is 9.97 Å². The van der Waals surface area contributed by atoms with E-state index in [1.54, 1.807) is 18.1 Å². The third-order valence-electron chi connectivity index (χ3n) is 2.67. The first kappa shape index (κ1) is 13.3. The van der Waals surface area contributed by atoms with Gasteiger partial charge in [-0.15, -0.1) is 0 Å². The van der Waals surface area contributed by atoms with E-state index in [0.29, 0.717) is 12.4 Å². The molecule has 0 aliphatic rings. The van der Waals surface area contributed by atoms with Gasteiger partial charge < -0.3 is 9.47 Å². The minimum Gasteiger partial charge on any atom is -0.352 e. The van der Waals surface area contributed by atoms with Crippen molar-refractivity contribution in [2.45, 2.75) is 6.54 Å². The monoisotopic (exact) mass is 281 g/mol. The molecule has 2 aromatic rings. The predicted octanol–water partition coefficient (Wildman–Crippen LogP) is 2.01. The summed E-state index contributed by atoms with van der Waals surface area (Å²) in [6.45, 7) is 0.480. The van der Waals surface area contributed by atoms with Gasteiger partial charge in [0.25, 0.3) is 5.69 Å². The fourth-order valence-corrected chi connectivity index (χ4v) is 1.81. The minimum absolute atomic E-state index is 0.0818. The number of anilines is 1. The zero-order chi connectivity index (χ0) is 14.0. The highest BCUT2D eigenvalue weighted by Crippen LogP contribution is 2.23. The molecule has 8 heteroatoms. The van der Waals surface area contributed by atoms with Crippen molar-refractivity contribution in [2.75, 3.05) is 11.9 Å². The predicted molar refractivity (Wildman–Crippen MR) is 71.2 cm³/mol. The van der Waals surface area contributed by atoms with Crippen molar-refractivity contribution in [3.05, 3.63) is 45.6 Å². The van der Waals surface area contributed by atoms with E-state index in [4.69, 9.17) is 11.6 Å². The summed E-state index contributed by atoms with van der Waals surface area (Å²) >= 11 is 5.79. The Morgan fingerprint density at radius 3 is 2.84 bits per heavy atom. The van der Waals surface area contributed by atoms with Crippen LogP contribution in [0.4, 0.5) is 11.5 Å². The maximum absolute atomic E-state index is 10.8. The van der Waals surface area contributed by atoms with Crippen LogP contribution in [0.1, 0.15) is 5.82 Å². The van der Waals surface area contributed by atoms with Crippen LogP contribution in [0, 0.1) is 10.1 Å². The molecule has 0 aliphatic carbocycles. The molecular weight excluding hydrogens is 270 g/mol. The van der Waals surface area contributed by atoms with Gasteiger partial charge in [-0.1, -0.05) is 11.6 Å². The van der Waals surface area contributed by atoms with E-state index in [1.165, 1.54) is 12.1 Å². The van der Waals surface area contributed by atoms with Crippen LogP contribution in [-0.4, -0.2) is 26.5 Å². The van der Waals surface area contributed by atoms with Crippen LogP contribution in [0.15, 0.2) is 24.5 Å². The third kappa shape index (κ3) is 3.00. The molecule has 0 radical (unpaired) electrons. The summed E-state index contributed by atoms with van der Waals surface area (Å²) in [7, 11) is 3.65. The maximum Gasteiger partial charge on any atom is 0.276 e. The van der Waals surface area contributed by atoms with Crippen LogP contribution < -0.4 is 4.90 Å². The molecule has 0 aliphatic heterocycles. The summed E-state index contributed by atoms with van der Waals surface area (Å²) in [4.78, 5) is 20.3. The molecule has 100 valence electrons. The molecule has 0 bridgehead atoms. The summed E-state index contributed by atoms with van der Waals surface area (Å²) in [6, 6.07) is 2.61. The Morgan fingerprint density at radius 1 is 1.53 bits per heavy atom. The number of rotatable bonds is 4. The Labute approximate surface area is 114 Å². The molecule has 0 saturated carbocycles. The van der Waals surface area contributed by atoms with Gasteiger partial charge >= 0.3 is 0 Å². The lowest BCUT2D eigenvalue weighted by atomic mass is 10.3. The van der Waals surface area contributed by atoms with Gasteiger partial charge in [-0.3, -0.25) is 10.1 Å². The quantitative estimate of drug-likeness (QED) is 0.487. The molecule has 2 aromatic heterocycles. The molecule has 0 spiro atoms. The van der Waals surface area contributed by atoms with Gasteiger partial charge in [0.05, 0.1) is 23.6 Å². The second kappa shape index (κ2) is 5.23. The number of aryl methyl sites for hydroxylation is 1. The van der Waals surface area contributed by atoms with E-state index in [1.807, 2.05) is 17.8 Å². The first-order valence-electron chi connectivity index (χ1n) is 5.46. The van der Waals surface area contributed by atoms with Crippen molar-refractivity contribution in [1.29, 1.82) is 0 Å². The van der Waals surface area contributed by atoms with Gasteiger partial charge in [-0.2, -0.15) is 0 Å². The standard InChI is InChI=1S/C11H12ClN5O2/c1-15-4-3-13-11(15)7-16(2)10-6-8(17(18)19)5-9(12)14-10/h3-6H,7H2,1-2H3. The van der Waals surface area contributed by atoms with E-state index < -0.39 is 4.92 Å². The lowest BCUT2D eigenvalue weighted by molar-refractivity contribution is -0.384. The Kier molecular flexibility index (Phi) is 3.66. The van der Waals surface area contributed by atoms with Gasteiger partial charge in [-0.25, -0.2) is 9.97 Å². The lowest BCUT2D eigenvalue weighted by Crippen LogP contribution is -2.20. The van der Waals surface area contributed by atoms with Crippen LogP contribution in [-0.2, 0) is 13.6 Å². The molecule has 2 heterocycles. The largest absolute Gasteiger partial charge is 0.352 e. The summed E-state index contributed by atoms with van der Waals surface area (Å²) in [6.07, 6.45) is 3.52. The Morgan fingerprint density at radius 2 is 2.26 bits per heavy atom. The van der Waals surface area contributed by atoms with E-state index >= 15 is 0 Å². The molecule has 0 aromatic carbocycles. The molecule has 2 rings (SSSR count). The number of hydrogen-bond acceptors (Lipinski definition) is 5. The number of halogens is 1. The number of nitrogens with zero attached hydrogens (tertiary/aromatic N) is 5. The Balaban J connectivity index is 2.26. The van der Waals surface area contributed by atoms with Crippen LogP contribution in [0.2, 0.25) is 5.15 Å². The summed E-state index contributed by atoms with van der Waals surface area (Å²) < 4.78 is 1.87. The molecule has 7 nitrogen and oxygen atoms in total. The first-order chi connectivity index (χ1) is 8.97. The van der Waals surface area contributed by atoms with Crippen molar-refractivity contribution in [1.82, 2.24) is 14.5 Å². The molecule has 0 atom stereocenters. The second-order valence-corrected chi connectivity index (χ2v) is 4.46. The molecule has 19 heavy (non-hydrogen) atoms. The first-order valence-corrected chi connectivity index (χ1v) is 5.84. The molecular formula is C11H12ClN5O2. The van der Waals surface area contributed by atoms with Crippen molar-refractivity contribution >= 4 is 23.1 Å². The average Bonchev–Trinajstić information content (AvgIpc) is 2.74. The zero-order valence-corrected chi connectivity index (χ0v) is 11.2. The molecule has 0 saturated heterocycles. The van der Waals surface area contributed by atoms with Gasteiger partial charge in [0.15, 0.2) is 0 Å². The van der Waals surface area contributed by atoms with Gasteiger partial charge in [-0.05, 0) is 0 Å². The van der Waals surface area contributed by atoms with E-state index in [9.17, 15) is 10.1 Å². The van der Waals surface area contributed by atoms with Gasteiger partial charge in [0.2, 0.25) is 0 Å². The highest BCUT2D eigenvalue weighted by Gasteiger charge is 2.14. The van der Waals surface area contributed by atoms with Crippen LogP contribution in [0.3, 0.4) is 0 Å². The molecule has 0 unspecified atom stereocenters. The normalized spacial score (nSPS) is 10.5. The molecule has 0 N–H and O–H groups in total. The van der Waals surface area contributed by atoms with Crippen molar-refractivity contribution in [3.63, 3.8) is 0 Å². The fraction of sp³-hybridized carbons (Fsp3) is 0.273. The smallest absolute Gasteiger partial charge is 0.276 e. The van der Waals surface area contributed by atoms with Gasteiger partial charge in [0, 0.05) is 26.5 Å². The molecule has 0 amide bonds. The summed E-state index contributed by atoms with van der Waals surface area (Å²) in [5.41, 5.74) is -0.0818. The van der Waals surface area contributed by atoms with E-state index in [-0.39, 0.29) is 10.8 Å². The van der Waals surface area contributed by atoms with Gasteiger partial charge in [0.1, 0.15) is 16.8 Å². The van der Waals surface area contributed by atoms with Crippen LogP contribution in [0.25, 0.3) is 0 Å². The van der Waals surface area contributed by atoms with Crippen molar-refractivity contribution < 1.29 is 4.92 Å². The second-order valence-electron chi connectivity index (χ2n) is 4.07. The summed E-state index contributed by atoms with van der Waals surface area (Å²) in [5.74, 6) is 1.26. The highest BCUT2D eigenvalue weighted by molar-refractivity contribution is 6.29. The number of aromatic nitrogens is 3. The summed E-state index contributed by atoms with van der Waals surface area (Å²) in [5, 5.41) is 10.9. The highest BCUT2D eigenvalue weighted by atomic mass is 35.5.